The van der Waals surface area contributed by atoms with Crippen molar-refractivity contribution in [2.75, 3.05) is 53.5 Å². The molecule has 0 unspecified atom stereocenters. The van der Waals surface area contributed by atoms with Gasteiger partial charge in [-0.15, -0.1) is 0 Å². The number of hydrogen-bond acceptors (Lipinski definition) is 13. The van der Waals surface area contributed by atoms with Gasteiger partial charge in [0.05, 0.1) is 51.6 Å². The van der Waals surface area contributed by atoms with Gasteiger partial charge >= 0.3 is 49.4 Å². The minimum Gasteiger partial charge on any atom is -0.496 e. The normalized spacial score (nSPS) is 16.9. The number of nitrogens with zero attached hydrogens (tertiary/aromatic N) is 9. The molecule has 0 saturated carbocycles. The summed E-state index contributed by atoms with van der Waals surface area (Å²) in [7, 11) is 1.42. The van der Waals surface area contributed by atoms with Gasteiger partial charge in [0.2, 0.25) is 0 Å². The molecule has 0 saturated heterocycles. The van der Waals surface area contributed by atoms with Gasteiger partial charge in [-0.25, -0.2) is 8.78 Å². The molecule has 8 aliphatic rings. The standard InChI is InChI=1S/C14H18F3NO.C13H15F4N.C13H16F3N.C12H13F4NO.C12H15F3N2.2C12H14F3NO.C12H14F3N/c1-9(2)18-5-4-12-10(8-18)6-11(14(15,16)17)7-13(12)19-3;1-8(2)18-4-3-11-9(7-18)5-10(6-12(11)14)13(15,16)17;1-9(2)17-6-5-10-3-4-12(13(14,15)16)7-11(10)8-17;1-7(2)17-5-8-3-9(12(14,15)16)4-10(13)11(8)18-6-17;1-8(2)17-4-3-11-9(7-17)5-10(6-16-11)12(13,14)15;2*1-8(2)16-6-9-5-10(12(13,14)15)3-4-11(9)17-7-16;1-8(2)16-6-9-3-4-11(12(13,14)15)5-10(9)7-16/h6-7,9H,4-5,8H2,1-3H3;5-6,8H,3-4,7H2,1-2H3;3-4,7,9H,5-6,8H2,1-2H3;3-4,7H,5-6H2,1-2H3;5-6,8H,3-4,7H2,1-2H3;2*3-5,8H,6-7H2,1-2H3;3-5,8H,6-7H2,1-2H3. The van der Waals surface area contributed by atoms with E-state index in [9.17, 15) is 114 Å². The van der Waals surface area contributed by atoms with E-state index >= 15 is 0 Å². The van der Waals surface area contributed by atoms with Gasteiger partial charge in [-0.05, 0) is 283 Å². The van der Waals surface area contributed by atoms with Crippen molar-refractivity contribution in [1.29, 1.82) is 0 Å². The fourth-order valence-corrected chi connectivity index (χ4v) is 16.3. The average Bonchev–Trinajstić information content (AvgIpc) is 1.45. The zero-order valence-electron chi connectivity index (χ0n) is 80.3. The highest BCUT2D eigenvalue weighted by Gasteiger charge is 2.42. The maximum atomic E-state index is 13.7. The first kappa shape index (κ1) is 113. The number of fused-ring (bicyclic) bond motifs is 8. The second-order valence-corrected chi connectivity index (χ2v) is 37.4. The molecule has 16 rings (SSSR count). The number of methoxy groups -OCH3 is 1. The number of ether oxygens (including phenoxy) is 4. The number of alkyl halides is 24. The van der Waals surface area contributed by atoms with E-state index < -0.39 is 106 Å². The van der Waals surface area contributed by atoms with Gasteiger partial charge in [-0.1, -0.05) is 12.1 Å². The van der Waals surface area contributed by atoms with Crippen LogP contribution in [0.1, 0.15) is 228 Å². The zero-order valence-corrected chi connectivity index (χ0v) is 80.3. The van der Waals surface area contributed by atoms with E-state index in [1.807, 2.05) is 88.8 Å². The summed E-state index contributed by atoms with van der Waals surface area (Å²) in [4.78, 5) is 20.4. The van der Waals surface area contributed by atoms with E-state index in [2.05, 4.69) is 66.1 Å². The lowest BCUT2D eigenvalue weighted by molar-refractivity contribution is -0.138. The Morgan fingerprint density at radius 1 is 0.259 bits per heavy atom. The molecule has 1 aromatic heterocycles. The van der Waals surface area contributed by atoms with Crippen LogP contribution in [-0.2, 0) is 134 Å². The number of benzene rings is 7. The van der Waals surface area contributed by atoms with Crippen LogP contribution in [-0.4, -0.2) is 146 Å². The van der Waals surface area contributed by atoms with Gasteiger partial charge in [-0.2, -0.15) is 105 Å². The molecule has 0 amide bonds. The van der Waals surface area contributed by atoms with Crippen LogP contribution in [0.2, 0.25) is 0 Å². The predicted molar refractivity (Wildman–Crippen MR) is 476 cm³/mol. The molecule has 0 fully saturated rings. The Kier molecular flexibility index (Phi) is 37.9. The maximum Gasteiger partial charge on any atom is 0.417 e. The van der Waals surface area contributed by atoms with Gasteiger partial charge in [0, 0.05) is 168 Å². The van der Waals surface area contributed by atoms with Gasteiger partial charge < -0.3 is 18.9 Å². The smallest absolute Gasteiger partial charge is 0.417 e. The predicted octanol–water partition coefficient (Wildman–Crippen LogP) is 26.8. The van der Waals surface area contributed by atoms with Crippen LogP contribution in [0.5, 0.6) is 23.0 Å². The monoisotopic (exact) mass is 2000 g/mol. The lowest BCUT2D eigenvalue weighted by Gasteiger charge is -2.33. The van der Waals surface area contributed by atoms with Crippen molar-refractivity contribution < 1.29 is 133 Å². The van der Waals surface area contributed by atoms with Gasteiger partial charge in [0.15, 0.2) is 11.6 Å². The summed E-state index contributed by atoms with van der Waals surface area (Å²) in [6.07, 6.45) is -31.0. The number of halogens is 26. The topological polar surface area (TPSA) is 75.7 Å². The second kappa shape index (κ2) is 46.4. The number of aromatic nitrogens is 1. The Morgan fingerprint density at radius 2 is 0.547 bits per heavy atom. The van der Waals surface area contributed by atoms with Crippen LogP contribution in [0, 0.1) is 11.6 Å². The van der Waals surface area contributed by atoms with Crippen LogP contribution in [0.15, 0.2) is 121 Å². The van der Waals surface area contributed by atoms with Crippen LogP contribution in [0.3, 0.4) is 0 Å². The summed E-state index contributed by atoms with van der Waals surface area (Å²) < 4.78 is 351. The van der Waals surface area contributed by atoms with Gasteiger partial charge in [-0.3, -0.25) is 44.2 Å². The molecule has 0 spiro atoms. The third-order valence-corrected chi connectivity index (χ3v) is 25.1. The molecule has 0 radical (unpaired) electrons. The van der Waals surface area contributed by atoms with Crippen LogP contribution in [0.25, 0.3) is 0 Å². The Labute approximate surface area is 793 Å². The van der Waals surface area contributed by atoms with Crippen LogP contribution in [0.4, 0.5) is 114 Å². The highest BCUT2D eigenvalue weighted by molar-refractivity contribution is 5.48. The van der Waals surface area contributed by atoms with Crippen molar-refractivity contribution >= 4 is 0 Å². The Bertz CT molecular complexity index is 4990. The molecule has 0 aliphatic carbocycles. The molecular weight excluding hydrogens is 1890 g/mol. The van der Waals surface area contributed by atoms with Gasteiger partial charge in [0.1, 0.15) is 43.3 Å². The van der Waals surface area contributed by atoms with E-state index in [1.54, 1.807) is 12.1 Å². The Balaban J connectivity index is 0.000000178. The van der Waals surface area contributed by atoms with E-state index in [1.165, 1.54) is 67.8 Å². The van der Waals surface area contributed by atoms with E-state index in [4.69, 9.17) is 18.9 Å². The first-order valence-corrected chi connectivity index (χ1v) is 45.5. The number of rotatable bonds is 9. The van der Waals surface area contributed by atoms with E-state index in [0.29, 0.717) is 154 Å². The molecule has 13 nitrogen and oxygen atoms in total. The molecule has 8 aromatic rings. The summed E-state index contributed by atoms with van der Waals surface area (Å²) in [5.74, 6) is -0.301. The molecule has 139 heavy (non-hydrogen) atoms. The molecule has 9 heterocycles. The van der Waals surface area contributed by atoms with Crippen molar-refractivity contribution in [3.8, 4) is 23.0 Å². The van der Waals surface area contributed by atoms with Crippen molar-refractivity contribution in [2.45, 2.75) is 293 Å². The summed E-state index contributed by atoms with van der Waals surface area (Å²) >= 11 is 0. The minimum atomic E-state index is -4.55. The van der Waals surface area contributed by atoms with E-state index in [-0.39, 0.29) is 48.8 Å². The SMILES string of the molecule is CC(C)N1CCc2c(F)cc(C(F)(F)F)cc2C1.CC(C)N1CCc2ccc(C(F)(F)F)cc2C1.CC(C)N1CCc2ncc(C(F)(F)F)cc2C1.CC(C)N1COc2c(F)cc(C(F)(F)F)cc2C1.CC(C)N1COc2ccc(C(F)(F)F)cc2C1.CC(C)N1COc2ccc(C(F)(F)F)cc2C1.CC(C)N1Cc2ccc(C(F)(F)F)cc2C1.COc1cc(C(F)(F)F)cc2c1CCN(C(C)C)C2. The number of hydrogen-bond donors (Lipinski definition) is 0. The van der Waals surface area contributed by atoms with Crippen molar-refractivity contribution in [3.63, 3.8) is 0 Å². The fraction of sp³-hybridized carbons (Fsp3) is 0.530. The van der Waals surface area contributed by atoms with Gasteiger partial charge in [0.25, 0.3) is 0 Å². The van der Waals surface area contributed by atoms with Crippen LogP contribution < -0.4 is 18.9 Å². The fourth-order valence-electron chi connectivity index (χ4n) is 16.3. The molecule has 0 atom stereocenters. The third-order valence-electron chi connectivity index (χ3n) is 25.1. The molecular formula is C100H119F26N9O4. The average molecular weight is 2010 g/mol. The zero-order chi connectivity index (χ0) is 104. The summed E-state index contributed by atoms with van der Waals surface area (Å²) in [5.41, 5.74) is 3.68. The molecule has 8 aliphatic heterocycles. The molecule has 7 aromatic carbocycles. The Morgan fingerprint density at radius 3 is 0.957 bits per heavy atom. The summed E-state index contributed by atoms with van der Waals surface area (Å²) in [6.45, 7) is 41.3. The van der Waals surface area contributed by atoms with Crippen LogP contribution >= 0.6 is 0 Å². The lowest BCUT2D eigenvalue weighted by Crippen LogP contribution is -2.37. The summed E-state index contributed by atoms with van der Waals surface area (Å²) in [5, 5.41) is 0. The lowest BCUT2D eigenvalue weighted by atomic mass is 9.95. The van der Waals surface area contributed by atoms with Crippen molar-refractivity contribution in [2.24, 2.45) is 0 Å². The van der Waals surface area contributed by atoms with E-state index in [0.717, 1.165) is 121 Å². The molecule has 0 bridgehead atoms. The quantitative estimate of drug-likeness (QED) is 0.129. The largest absolute Gasteiger partial charge is 0.496 e. The van der Waals surface area contributed by atoms with Crippen molar-refractivity contribution in [1.82, 2.24) is 44.2 Å². The maximum absolute atomic E-state index is 13.7. The molecule has 770 valence electrons. The second-order valence-electron chi connectivity index (χ2n) is 37.4. The first-order valence-electron chi connectivity index (χ1n) is 45.5. The molecule has 39 heteroatoms. The number of pyridine rings is 1. The summed E-state index contributed by atoms with van der Waals surface area (Å²) in [6, 6.07) is 24.4. The highest BCUT2D eigenvalue weighted by Crippen LogP contribution is 2.44. The molecule has 0 N–H and O–H groups in total. The minimum absolute atomic E-state index is 0.0695. The Hall–Kier alpha value is -9.25. The third kappa shape index (κ3) is 31.4. The highest BCUT2D eigenvalue weighted by atomic mass is 19.4. The van der Waals surface area contributed by atoms with Crippen molar-refractivity contribution in [3.05, 3.63) is 250 Å². The first-order chi connectivity index (χ1) is 64.3.